The smallest absolute Gasteiger partial charge is 0.136 e. The second-order valence-electron chi connectivity index (χ2n) is 3.71. The van der Waals surface area contributed by atoms with Gasteiger partial charge in [-0.3, -0.25) is 0 Å². The van der Waals surface area contributed by atoms with E-state index >= 15 is 0 Å². The van der Waals surface area contributed by atoms with Crippen LogP contribution in [-0.4, -0.2) is 16.5 Å². The Balaban J connectivity index is 2.16. The van der Waals surface area contributed by atoms with Gasteiger partial charge in [-0.2, -0.15) is 0 Å². The van der Waals surface area contributed by atoms with E-state index in [-0.39, 0.29) is 0 Å². The molecular formula is C10H14ClN3. The minimum absolute atomic E-state index is 0.541. The molecule has 1 heterocycles. The fourth-order valence-corrected chi connectivity index (χ4v) is 1.81. The van der Waals surface area contributed by atoms with Gasteiger partial charge in [-0.1, -0.05) is 18.0 Å². The number of halogens is 1. The Bertz CT molecular complexity index is 323. The van der Waals surface area contributed by atoms with Gasteiger partial charge >= 0.3 is 0 Å². The molecule has 0 saturated heterocycles. The van der Waals surface area contributed by atoms with Crippen molar-refractivity contribution < 1.29 is 0 Å². The van der Waals surface area contributed by atoms with Crippen molar-refractivity contribution >= 4 is 11.6 Å². The second kappa shape index (κ2) is 4.24. The molecule has 1 saturated carbocycles. The summed E-state index contributed by atoms with van der Waals surface area (Å²) in [6.07, 6.45) is 6.26. The lowest BCUT2D eigenvalue weighted by Gasteiger charge is -2.23. The first kappa shape index (κ1) is 9.87. The zero-order valence-electron chi connectivity index (χ0n) is 8.04. The molecule has 1 fully saturated rings. The van der Waals surface area contributed by atoms with Crippen LogP contribution >= 0.6 is 11.6 Å². The van der Waals surface area contributed by atoms with Crippen molar-refractivity contribution in [2.75, 3.05) is 6.54 Å². The van der Waals surface area contributed by atoms with Gasteiger partial charge in [0.15, 0.2) is 0 Å². The predicted molar refractivity (Wildman–Crippen MR) is 56.4 cm³/mol. The molecule has 76 valence electrons. The topological polar surface area (TPSA) is 51.8 Å². The standard InChI is InChI=1S/C10H14ClN3/c11-9-8(4-5-12)6-13-10(14-9)7-2-1-3-7/h6-7H,1-5,12H2. The highest BCUT2D eigenvalue weighted by atomic mass is 35.5. The van der Waals surface area contributed by atoms with Crippen molar-refractivity contribution in [1.82, 2.24) is 9.97 Å². The Morgan fingerprint density at radius 3 is 2.79 bits per heavy atom. The SMILES string of the molecule is NCCc1cnc(C2CCC2)nc1Cl. The average molecular weight is 212 g/mol. The molecule has 0 amide bonds. The van der Waals surface area contributed by atoms with E-state index in [1.54, 1.807) is 0 Å². The zero-order valence-corrected chi connectivity index (χ0v) is 8.80. The fraction of sp³-hybridized carbons (Fsp3) is 0.600. The van der Waals surface area contributed by atoms with E-state index in [0.717, 1.165) is 17.8 Å². The van der Waals surface area contributed by atoms with Crippen molar-refractivity contribution in [1.29, 1.82) is 0 Å². The summed E-state index contributed by atoms with van der Waals surface area (Å²) in [5, 5.41) is 0.576. The largest absolute Gasteiger partial charge is 0.330 e. The minimum atomic E-state index is 0.541. The quantitative estimate of drug-likeness (QED) is 0.777. The van der Waals surface area contributed by atoms with Crippen molar-refractivity contribution in [3.63, 3.8) is 0 Å². The molecule has 0 aliphatic heterocycles. The normalized spacial score (nSPS) is 16.7. The molecular weight excluding hydrogens is 198 g/mol. The third-order valence-corrected chi connectivity index (χ3v) is 3.04. The van der Waals surface area contributed by atoms with Crippen molar-refractivity contribution in [2.45, 2.75) is 31.6 Å². The molecule has 14 heavy (non-hydrogen) atoms. The van der Waals surface area contributed by atoms with Gasteiger partial charge in [0.2, 0.25) is 0 Å². The summed E-state index contributed by atoms with van der Waals surface area (Å²) >= 11 is 6.03. The van der Waals surface area contributed by atoms with Crippen LogP contribution in [0, 0.1) is 0 Å². The van der Waals surface area contributed by atoms with Gasteiger partial charge in [0, 0.05) is 17.7 Å². The molecule has 2 rings (SSSR count). The van der Waals surface area contributed by atoms with Crippen LogP contribution in [0.3, 0.4) is 0 Å². The van der Waals surface area contributed by atoms with E-state index in [9.17, 15) is 0 Å². The molecule has 0 unspecified atom stereocenters. The first-order chi connectivity index (χ1) is 6.81. The third kappa shape index (κ3) is 1.88. The van der Waals surface area contributed by atoms with Crippen LogP contribution in [0.5, 0.6) is 0 Å². The number of nitrogens with zero attached hydrogens (tertiary/aromatic N) is 2. The van der Waals surface area contributed by atoms with E-state index in [2.05, 4.69) is 9.97 Å². The van der Waals surface area contributed by atoms with Crippen molar-refractivity contribution in [2.24, 2.45) is 5.73 Å². The molecule has 1 aromatic heterocycles. The summed E-state index contributed by atoms with van der Waals surface area (Å²) in [7, 11) is 0. The van der Waals surface area contributed by atoms with Crippen LogP contribution in [0.1, 0.15) is 36.6 Å². The number of nitrogens with two attached hydrogens (primary N) is 1. The van der Waals surface area contributed by atoms with E-state index in [4.69, 9.17) is 17.3 Å². The van der Waals surface area contributed by atoms with Gasteiger partial charge in [0.1, 0.15) is 11.0 Å². The maximum absolute atomic E-state index is 6.03. The van der Waals surface area contributed by atoms with E-state index in [1.807, 2.05) is 6.20 Å². The monoisotopic (exact) mass is 211 g/mol. The molecule has 4 heteroatoms. The average Bonchev–Trinajstić information content (AvgIpc) is 2.07. The van der Waals surface area contributed by atoms with Gasteiger partial charge in [0.05, 0.1) is 0 Å². The van der Waals surface area contributed by atoms with Crippen LogP contribution in [0.25, 0.3) is 0 Å². The lowest BCUT2D eigenvalue weighted by atomic mass is 9.85. The van der Waals surface area contributed by atoms with Gasteiger partial charge in [0.25, 0.3) is 0 Å². The fourth-order valence-electron chi connectivity index (χ4n) is 1.58. The Morgan fingerprint density at radius 2 is 2.29 bits per heavy atom. The van der Waals surface area contributed by atoms with Gasteiger partial charge < -0.3 is 5.73 Å². The summed E-state index contributed by atoms with van der Waals surface area (Å²) in [5.74, 6) is 1.45. The number of hydrogen-bond donors (Lipinski definition) is 1. The van der Waals surface area contributed by atoms with E-state index in [1.165, 1.54) is 19.3 Å². The highest BCUT2D eigenvalue weighted by molar-refractivity contribution is 6.30. The van der Waals surface area contributed by atoms with E-state index in [0.29, 0.717) is 17.6 Å². The maximum atomic E-state index is 6.03. The van der Waals surface area contributed by atoms with Gasteiger partial charge in [-0.25, -0.2) is 9.97 Å². The summed E-state index contributed by atoms with van der Waals surface area (Å²) in [5.41, 5.74) is 6.41. The molecule has 3 nitrogen and oxygen atoms in total. The molecule has 1 aliphatic carbocycles. The zero-order chi connectivity index (χ0) is 9.97. The molecule has 0 atom stereocenters. The van der Waals surface area contributed by atoms with Gasteiger partial charge in [-0.15, -0.1) is 0 Å². The van der Waals surface area contributed by atoms with Crippen molar-refractivity contribution in [3.8, 4) is 0 Å². The lowest BCUT2D eigenvalue weighted by molar-refractivity contribution is 0.401. The van der Waals surface area contributed by atoms with Crippen LogP contribution in [0.15, 0.2) is 6.20 Å². The van der Waals surface area contributed by atoms with Crippen LogP contribution in [0.2, 0.25) is 5.15 Å². The molecule has 0 spiro atoms. The van der Waals surface area contributed by atoms with Gasteiger partial charge in [-0.05, 0) is 25.8 Å². The molecule has 0 aromatic carbocycles. The van der Waals surface area contributed by atoms with E-state index < -0.39 is 0 Å². The molecule has 2 N–H and O–H groups in total. The molecule has 0 radical (unpaired) electrons. The summed E-state index contributed by atoms with van der Waals surface area (Å²) in [4.78, 5) is 8.64. The Labute approximate surface area is 88.7 Å². The van der Waals surface area contributed by atoms with Crippen molar-refractivity contribution in [3.05, 3.63) is 22.7 Å². The first-order valence-corrected chi connectivity index (χ1v) is 5.40. The number of rotatable bonds is 3. The highest BCUT2D eigenvalue weighted by Gasteiger charge is 2.22. The van der Waals surface area contributed by atoms with Crippen LogP contribution in [-0.2, 0) is 6.42 Å². The molecule has 1 aromatic rings. The highest BCUT2D eigenvalue weighted by Crippen LogP contribution is 2.34. The minimum Gasteiger partial charge on any atom is -0.330 e. The molecule has 0 bridgehead atoms. The number of hydrogen-bond acceptors (Lipinski definition) is 3. The summed E-state index contributed by atoms with van der Waals surface area (Å²) < 4.78 is 0. The van der Waals surface area contributed by atoms with Crippen LogP contribution < -0.4 is 5.73 Å². The maximum Gasteiger partial charge on any atom is 0.136 e. The predicted octanol–water partition coefficient (Wildman–Crippen LogP) is 1.90. The third-order valence-electron chi connectivity index (χ3n) is 2.71. The Hall–Kier alpha value is -0.670. The first-order valence-electron chi connectivity index (χ1n) is 5.02. The summed E-state index contributed by atoms with van der Waals surface area (Å²) in [6.45, 7) is 0.589. The summed E-state index contributed by atoms with van der Waals surface area (Å²) in [6, 6.07) is 0. The van der Waals surface area contributed by atoms with Crippen LogP contribution in [0.4, 0.5) is 0 Å². The molecule has 1 aliphatic rings. The second-order valence-corrected chi connectivity index (χ2v) is 4.07. The lowest BCUT2D eigenvalue weighted by Crippen LogP contribution is -2.13. The number of aromatic nitrogens is 2. The Morgan fingerprint density at radius 1 is 1.50 bits per heavy atom. The Kier molecular flexibility index (Phi) is 2.99.